The lowest BCUT2D eigenvalue weighted by Crippen LogP contribution is -2.49. The van der Waals surface area contributed by atoms with Gasteiger partial charge < -0.3 is 14.2 Å². The minimum atomic E-state index is -3.44. The van der Waals surface area contributed by atoms with Crippen LogP contribution in [0.4, 0.5) is 26.7 Å². The van der Waals surface area contributed by atoms with E-state index < -0.39 is 65.8 Å². The molecule has 0 radical (unpaired) electrons. The molecule has 0 saturated carbocycles. The molecular formula is C13H11F5O5. The van der Waals surface area contributed by atoms with E-state index in [9.17, 15) is 31.5 Å². The molecule has 1 heterocycles. The number of allylic oxidation sites excluding steroid dienone is 2. The summed E-state index contributed by atoms with van der Waals surface area (Å²) >= 11 is 0. The highest BCUT2D eigenvalue weighted by Gasteiger charge is 2.54. The molecule has 2 rings (SSSR count). The van der Waals surface area contributed by atoms with Crippen molar-refractivity contribution in [3.63, 3.8) is 0 Å². The average molecular weight is 342 g/mol. The Bertz CT molecular complexity index is 614. The van der Waals surface area contributed by atoms with Crippen LogP contribution in [0, 0.1) is 5.41 Å². The van der Waals surface area contributed by atoms with Crippen molar-refractivity contribution in [3.05, 3.63) is 23.3 Å². The Hall–Kier alpha value is -2.13. The molecule has 0 aromatic rings. The normalized spacial score (nSPS) is 30.7. The van der Waals surface area contributed by atoms with Gasteiger partial charge in [0.05, 0.1) is 0 Å². The predicted molar refractivity (Wildman–Crippen MR) is 63.3 cm³/mol. The summed E-state index contributed by atoms with van der Waals surface area (Å²) in [6.45, 7) is 0.526. The number of hydrogen-bond acceptors (Lipinski definition) is 5. The van der Waals surface area contributed by atoms with Gasteiger partial charge in [-0.2, -0.15) is 0 Å². The van der Waals surface area contributed by atoms with E-state index in [1.807, 2.05) is 0 Å². The second kappa shape index (κ2) is 5.50. The van der Waals surface area contributed by atoms with Crippen LogP contribution in [0.2, 0.25) is 0 Å². The lowest BCUT2D eigenvalue weighted by atomic mass is 9.90. The molecule has 2 unspecified atom stereocenters. The lowest BCUT2D eigenvalue weighted by molar-refractivity contribution is -0.177. The molecule has 0 spiro atoms. The first-order valence-corrected chi connectivity index (χ1v) is 6.31. The summed E-state index contributed by atoms with van der Waals surface area (Å²) in [5, 5.41) is 0. The monoisotopic (exact) mass is 342 g/mol. The van der Waals surface area contributed by atoms with Crippen molar-refractivity contribution in [2.45, 2.75) is 25.6 Å². The van der Waals surface area contributed by atoms with E-state index in [2.05, 4.69) is 14.2 Å². The van der Waals surface area contributed by atoms with Crippen molar-refractivity contribution in [2.75, 3.05) is 13.2 Å². The molecule has 1 aliphatic carbocycles. The number of cyclic esters (lactones) is 2. The fourth-order valence-corrected chi connectivity index (χ4v) is 1.93. The zero-order valence-electron chi connectivity index (χ0n) is 11.9. The van der Waals surface area contributed by atoms with Gasteiger partial charge in [0.2, 0.25) is 5.67 Å². The van der Waals surface area contributed by atoms with Gasteiger partial charge in [0.1, 0.15) is 18.6 Å². The number of rotatable bonds is 2. The summed E-state index contributed by atoms with van der Waals surface area (Å²) in [6.07, 6.45) is -3.72. The first-order chi connectivity index (χ1) is 10.5. The molecule has 128 valence electrons. The Morgan fingerprint density at radius 3 is 2.17 bits per heavy atom. The molecule has 1 saturated heterocycles. The second-order valence-corrected chi connectivity index (χ2v) is 5.54. The lowest BCUT2D eigenvalue weighted by Gasteiger charge is -2.35. The van der Waals surface area contributed by atoms with Gasteiger partial charge in [0.25, 0.3) is 0 Å². The molecule has 0 amide bonds. The van der Waals surface area contributed by atoms with Crippen LogP contribution in [0.25, 0.3) is 0 Å². The van der Waals surface area contributed by atoms with Crippen molar-refractivity contribution >= 4 is 12.1 Å². The van der Waals surface area contributed by atoms with Crippen LogP contribution in [0.1, 0.15) is 13.8 Å². The number of alkyl halides is 1. The minimum absolute atomic E-state index is 0.394. The van der Waals surface area contributed by atoms with E-state index in [0.29, 0.717) is 6.92 Å². The highest BCUT2D eigenvalue weighted by molar-refractivity contribution is 5.79. The maximum atomic E-state index is 14.2. The Morgan fingerprint density at radius 2 is 1.65 bits per heavy atom. The Labute approximate surface area is 126 Å². The molecule has 0 aromatic carbocycles. The SMILES string of the molecule is CC1(C(=O)OC2C(F)=C(F)C(F)=C(F)C2(C)F)COC(=O)OC1. The van der Waals surface area contributed by atoms with Gasteiger partial charge in [-0.3, -0.25) is 4.79 Å². The maximum absolute atomic E-state index is 14.2. The first-order valence-electron chi connectivity index (χ1n) is 6.31. The van der Waals surface area contributed by atoms with Gasteiger partial charge in [-0.25, -0.2) is 26.7 Å². The number of hydrogen-bond donors (Lipinski definition) is 0. The zero-order chi connectivity index (χ0) is 17.6. The highest BCUT2D eigenvalue weighted by Crippen LogP contribution is 2.44. The molecule has 10 heteroatoms. The quantitative estimate of drug-likeness (QED) is 0.570. The van der Waals surface area contributed by atoms with Gasteiger partial charge in [0.15, 0.2) is 29.4 Å². The highest BCUT2D eigenvalue weighted by atomic mass is 19.2. The third kappa shape index (κ3) is 2.77. The average Bonchev–Trinajstić information content (AvgIpc) is 2.51. The largest absolute Gasteiger partial charge is 0.508 e. The van der Waals surface area contributed by atoms with Crippen molar-refractivity contribution in [2.24, 2.45) is 5.41 Å². The predicted octanol–water partition coefficient (Wildman–Crippen LogP) is 3.11. The van der Waals surface area contributed by atoms with Gasteiger partial charge >= 0.3 is 12.1 Å². The Balaban J connectivity index is 2.25. The number of halogens is 5. The molecule has 2 aliphatic rings. The molecular weight excluding hydrogens is 331 g/mol. The molecule has 1 aliphatic heterocycles. The molecule has 0 aromatic heterocycles. The molecule has 0 N–H and O–H groups in total. The van der Waals surface area contributed by atoms with Crippen molar-refractivity contribution in [1.82, 2.24) is 0 Å². The number of esters is 1. The molecule has 5 nitrogen and oxygen atoms in total. The van der Waals surface area contributed by atoms with Gasteiger partial charge in [0, 0.05) is 0 Å². The van der Waals surface area contributed by atoms with Crippen LogP contribution in [0.5, 0.6) is 0 Å². The standard InChI is InChI=1S/C13H11F5O5/c1-12(3-21-11(20)22-4-12)10(19)23-9-7(16)5(14)6(15)8(17)13(9,2)18/h9H,3-4H2,1-2H3. The van der Waals surface area contributed by atoms with E-state index in [0.717, 1.165) is 0 Å². The molecule has 0 bridgehead atoms. The summed E-state index contributed by atoms with van der Waals surface area (Å²) in [5.41, 5.74) is -5.08. The summed E-state index contributed by atoms with van der Waals surface area (Å²) in [6, 6.07) is 0. The van der Waals surface area contributed by atoms with Crippen LogP contribution in [-0.2, 0) is 19.0 Å². The second-order valence-electron chi connectivity index (χ2n) is 5.54. The van der Waals surface area contributed by atoms with E-state index in [1.54, 1.807) is 0 Å². The van der Waals surface area contributed by atoms with Gasteiger partial charge in [-0.15, -0.1) is 0 Å². The fourth-order valence-electron chi connectivity index (χ4n) is 1.93. The van der Waals surface area contributed by atoms with Crippen LogP contribution < -0.4 is 0 Å². The van der Waals surface area contributed by atoms with Crippen LogP contribution in [0.15, 0.2) is 23.3 Å². The summed E-state index contributed by atoms with van der Waals surface area (Å²) in [4.78, 5) is 22.8. The molecule has 1 fully saturated rings. The number of ether oxygens (including phenoxy) is 3. The third-order valence-corrected chi connectivity index (χ3v) is 3.48. The van der Waals surface area contributed by atoms with Crippen molar-refractivity contribution < 1.29 is 45.8 Å². The summed E-state index contributed by atoms with van der Waals surface area (Å²) in [5.74, 6) is -10.3. The van der Waals surface area contributed by atoms with E-state index in [-0.39, 0.29) is 0 Å². The van der Waals surface area contributed by atoms with Crippen molar-refractivity contribution in [1.29, 1.82) is 0 Å². The Morgan fingerprint density at radius 1 is 1.13 bits per heavy atom. The van der Waals surface area contributed by atoms with Gasteiger partial charge in [-0.05, 0) is 13.8 Å². The maximum Gasteiger partial charge on any atom is 0.508 e. The first kappa shape index (κ1) is 17.2. The number of carbonyl (C=O) groups excluding carboxylic acids is 2. The van der Waals surface area contributed by atoms with Gasteiger partial charge in [-0.1, -0.05) is 0 Å². The van der Waals surface area contributed by atoms with Crippen LogP contribution in [0.3, 0.4) is 0 Å². The third-order valence-electron chi connectivity index (χ3n) is 3.48. The minimum Gasteiger partial charge on any atom is -0.450 e. The molecule has 2 atom stereocenters. The number of carbonyl (C=O) groups is 2. The molecule has 23 heavy (non-hydrogen) atoms. The Kier molecular flexibility index (Phi) is 4.12. The summed E-state index contributed by atoms with van der Waals surface area (Å²) in [7, 11) is 0. The smallest absolute Gasteiger partial charge is 0.450 e. The van der Waals surface area contributed by atoms with Crippen LogP contribution in [-0.4, -0.2) is 37.1 Å². The van der Waals surface area contributed by atoms with E-state index in [1.165, 1.54) is 6.92 Å². The fraction of sp³-hybridized carbons (Fsp3) is 0.538. The topological polar surface area (TPSA) is 61.8 Å². The van der Waals surface area contributed by atoms with Crippen LogP contribution >= 0.6 is 0 Å². The zero-order valence-corrected chi connectivity index (χ0v) is 11.9. The van der Waals surface area contributed by atoms with E-state index >= 15 is 0 Å². The van der Waals surface area contributed by atoms with E-state index in [4.69, 9.17) is 0 Å². The van der Waals surface area contributed by atoms with Crippen molar-refractivity contribution in [3.8, 4) is 0 Å². The summed E-state index contributed by atoms with van der Waals surface area (Å²) < 4.78 is 81.1.